The van der Waals surface area contributed by atoms with E-state index in [0.29, 0.717) is 6.61 Å². The van der Waals surface area contributed by atoms with E-state index in [2.05, 4.69) is 4.90 Å². The summed E-state index contributed by atoms with van der Waals surface area (Å²) in [6.45, 7) is 0.480. The molecule has 1 aromatic rings. The maximum atomic E-state index is 12.9. The van der Waals surface area contributed by atoms with E-state index < -0.39 is 0 Å². The number of para-hydroxylation sites is 1. The summed E-state index contributed by atoms with van der Waals surface area (Å²) < 4.78 is 5.76. The average molecular weight is 287 g/mol. The third-order valence-electron chi connectivity index (χ3n) is 5.19. The number of nitrogens with zero attached hydrogens (tertiary/aromatic N) is 1. The highest BCUT2D eigenvalue weighted by atomic mass is 16.5. The van der Waals surface area contributed by atoms with Crippen molar-refractivity contribution in [3.05, 3.63) is 29.8 Å². The molecule has 0 saturated carbocycles. The lowest BCUT2D eigenvalue weighted by molar-refractivity contribution is -0.143. The Bertz CT molecular complexity index is 545. The zero-order valence-corrected chi connectivity index (χ0v) is 12.1. The van der Waals surface area contributed by atoms with Gasteiger partial charge in [-0.1, -0.05) is 18.2 Å². The molecule has 0 spiro atoms. The molecule has 3 aliphatic rings. The molecule has 0 radical (unpaired) electrons. The first kappa shape index (κ1) is 13.1. The number of fused-ring (bicyclic) bond motifs is 3. The molecular weight excluding hydrogens is 266 g/mol. The molecule has 3 aliphatic heterocycles. The van der Waals surface area contributed by atoms with E-state index in [1.807, 2.05) is 24.3 Å². The van der Waals surface area contributed by atoms with E-state index in [9.17, 15) is 9.90 Å². The Morgan fingerprint density at radius 3 is 2.67 bits per heavy atom. The van der Waals surface area contributed by atoms with Crippen molar-refractivity contribution in [1.29, 1.82) is 0 Å². The molecule has 2 fully saturated rings. The number of hydrogen-bond donors (Lipinski definition) is 1. The van der Waals surface area contributed by atoms with Gasteiger partial charge in [0.05, 0.1) is 12.0 Å². The third kappa shape index (κ3) is 2.22. The van der Waals surface area contributed by atoms with Gasteiger partial charge in [-0.2, -0.15) is 0 Å². The SMILES string of the molecule is O=C(C1COc2ccccc2C1)N1C2CCC1CC(O)C2. The van der Waals surface area contributed by atoms with Gasteiger partial charge < -0.3 is 14.7 Å². The highest BCUT2D eigenvalue weighted by molar-refractivity contribution is 5.81. The minimum Gasteiger partial charge on any atom is -0.492 e. The number of rotatable bonds is 1. The number of aliphatic hydroxyl groups is 1. The number of aliphatic hydroxyl groups excluding tert-OH is 1. The number of amides is 1. The van der Waals surface area contributed by atoms with Gasteiger partial charge in [0.1, 0.15) is 12.4 Å². The van der Waals surface area contributed by atoms with Crippen molar-refractivity contribution >= 4 is 5.91 Å². The minimum absolute atomic E-state index is 0.0711. The van der Waals surface area contributed by atoms with Gasteiger partial charge in [0, 0.05) is 12.1 Å². The molecule has 4 heteroatoms. The molecule has 4 nitrogen and oxygen atoms in total. The summed E-state index contributed by atoms with van der Waals surface area (Å²) in [5, 5.41) is 9.87. The van der Waals surface area contributed by atoms with Crippen LogP contribution in [0.1, 0.15) is 31.2 Å². The van der Waals surface area contributed by atoms with Crippen LogP contribution in [0.3, 0.4) is 0 Å². The number of hydrogen-bond acceptors (Lipinski definition) is 3. The summed E-state index contributed by atoms with van der Waals surface area (Å²) in [6.07, 6.45) is 4.11. The van der Waals surface area contributed by atoms with Crippen molar-refractivity contribution in [3.63, 3.8) is 0 Å². The monoisotopic (exact) mass is 287 g/mol. The predicted octanol–water partition coefficient (Wildman–Crippen LogP) is 1.75. The largest absolute Gasteiger partial charge is 0.492 e. The lowest BCUT2D eigenvalue weighted by atomic mass is 9.92. The second kappa shape index (κ2) is 5.02. The summed E-state index contributed by atoms with van der Waals surface area (Å²) in [6, 6.07) is 8.45. The van der Waals surface area contributed by atoms with Crippen molar-refractivity contribution in [3.8, 4) is 5.75 Å². The molecule has 3 unspecified atom stereocenters. The topological polar surface area (TPSA) is 49.8 Å². The fourth-order valence-electron chi connectivity index (χ4n) is 4.21. The van der Waals surface area contributed by atoms with Crippen molar-refractivity contribution < 1.29 is 14.6 Å². The van der Waals surface area contributed by atoms with Crippen LogP contribution in [0, 0.1) is 5.92 Å². The number of ether oxygens (including phenoxy) is 1. The maximum Gasteiger partial charge on any atom is 0.229 e. The summed E-state index contributed by atoms with van der Waals surface area (Å²) in [5.41, 5.74) is 1.13. The molecule has 3 heterocycles. The van der Waals surface area contributed by atoms with Gasteiger partial charge in [0.15, 0.2) is 0 Å². The Labute approximate surface area is 124 Å². The van der Waals surface area contributed by atoms with Crippen LogP contribution >= 0.6 is 0 Å². The Kier molecular flexibility index (Phi) is 3.14. The first-order valence-corrected chi connectivity index (χ1v) is 7.93. The van der Waals surface area contributed by atoms with Crippen LogP contribution in [0.4, 0.5) is 0 Å². The van der Waals surface area contributed by atoms with E-state index in [1.165, 1.54) is 0 Å². The van der Waals surface area contributed by atoms with Gasteiger partial charge in [0.2, 0.25) is 5.91 Å². The molecule has 1 amide bonds. The first-order valence-electron chi connectivity index (χ1n) is 7.93. The molecule has 21 heavy (non-hydrogen) atoms. The van der Waals surface area contributed by atoms with E-state index in [4.69, 9.17) is 4.74 Å². The highest BCUT2D eigenvalue weighted by Crippen LogP contribution is 2.38. The van der Waals surface area contributed by atoms with E-state index in [-0.39, 0.29) is 30.0 Å². The molecule has 2 saturated heterocycles. The van der Waals surface area contributed by atoms with Crippen LogP contribution < -0.4 is 4.74 Å². The van der Waals surface area contributed by atoms with Crippen LogP contribution in [-0.2, 0) is 11.2 Å². The van der Waals surface area contributed by atoms with E-state index in [1.54, 1.807) is 0 Å². The van der Waals surface area contributed by atoms with Crippen molar-refractivity contribution in [2.24, 2.45) is 5.92 Å². The van der Waals surface area contributed by atoms with Gasteiger partial charge in [-0.25, -0.2) is 0 Å². The second-order valence-electron chi connectivity index (χ2n) is 6.58. The molecule has 2 bridgehead atoms. The summed E-state index contributed by atoms with van der Waals surface area (Å²) in [7, 11) is 0. The standard InChI is InChI=1S/C17H21NO3/c19-15-8-13-5-6-14(9-15)18(13)17(20)12-7-11-3-1-2-4-16(11)21-10-12/h1-4,12-15,19H,5-10H2. The van der Waals surface area contributed by atoms with Crippen molar-refractivity contribution in [2.75, 3.05) is 6.61 Å². The van der Waals surface area contributed by atoms with Crippen LogP contribution in [-0.4, -0.2) is 40.7 Å². The lowest BCUT2D eigenvalue weighted by Crippen LogP contribution is -2.51. The van der Waals surface area contributed by atoms with E-state index in [0.717, 1.165) is 43.4 Å². The fraction of sp³-hybridized carbons (Fsp3) is 0.588. The molecule has 0 aliphatic carbocycles. The quantitative estimate of drug-likeness (QED) is 0.856. The molecule has 4 rings (SSSR count). The number of piperidine rings is 1. The van der Waals surface area contributed by atoms with E-state index >= 15 is 0 Å². The predicted molar refractivity (Wildman–Crippen MR) is 78.0 cm³/mol. The smallest absolute Gasteiger partial charge is 0.229 e. The maximum absolute atomic E-state index is 12.9. The third-order valence-corrected chi connectivity index (χ3v) is 5.19. The van der Waals surface area contributed by atoms with Gasteiger partial charge in [-0.05, 0) is 43.7 Å². The lowest BCUT2D eigenvalue weighted by Gasteiger charge is -2.39. The molecule has 1 aromatic carbocycles. The van der Waals surface area contributed by atoms with Crippen molar-refractivity contribution in [1.82, 2.24) is 4.90 Å². The number of benzene rings is 1. The number of carbonyl (C=O) groups is 1. The Balaban J connectivity index is 1.52. The summed E-state index contributed by atoms with van der Waals surface area (Å²) in [5.74, 6) is 1.07. The highest BCUT2D eigenvalue weighted by Gasteiger charge is 2.45. The zero-order chi connectivity index (χ0) is 14.4. The molecule has 0 aromatic heterocycles. The normalized spacial score (nSPS) is 34.2. The van der Waals surface area contributed by atoms with Crippen molar-refractivity contribution in [2.45, 2.75) is 50.3 Å². The summed E-state index contributed by atoms with van der Waals surface area (Å²) >= 11 is 0. The first-order chi connectivity index (χ1) is 10.2. The molecule has 3 atom stereocenters. The van der Waals surface area contributed by atoms with Gasteiger partial charge in [-0.3, -0.25) is 4.79 Å². The van der Waals surface area contributed by atoms with Crippen LogP contribution in [0.25, 0.3) is 0 Å². The summed E-state index contributed by atoms with van der Waals surface area (Å²) in [4.78, 5) is 15.0. The van der Waals surface area contributed by atoms with Gasteiger partial charge >= 0.3 is 0 Å². The second-order valence-corrected chi connectivity index (χ2v) is 6.58. The van der Waals surface area contributed by atoms with Crippen LogP contribution in [0.5, 0.6) is 5.75 Å². The average Bonchev–Trinajstić information content (AvgIpc) is 2.78. The fourth-order valence-corrected chi connectivity index (χ4v) is 4.21. The minimum atomic E-state index is -0.227. The van der Waals surface area contributed by atoms with Gasteiger partial charge in [0.25, 0.3) is 0 Å². The zero-order valence-electron chi connectivity index (χ0n) is 12.1. The Morgan fingerprint density at radius 1 is 1.19 bits per heavy atom. The van der Waals surface area contributed by atoms with Crippen LogP contribution in [0.2, 0.25) is 0 Å². The Morgan fingerprint density at radius 2 is 1.90 bits per heavy atom. The molecule has 1 N–H and O–H groups in total. The molecule has 112 valence electrons. The number of carbonyl (C=O) groups excluding carboxylic acids is 1. The van der Waals surface area contributed by atoms with Gasteiger partial charge in [-0.15, -0.1) is 0 Å². The van der Waals surface area contributed by atoms with Crippen LogP contribution in [0.15, 0.2) is 24.3 Å². The Hall–Kier alpha value is -1.55. The molecular formula is C17H21NO3.